The summed E-state index contributed by atoms with van der Waals surface area (Å²) in [6, 6.07) is 0. The van der Waals surface area contributed by atoms with Gasteiger partial charge in [-0.3, -0.25) is 4.68 Å². The molecule has 0 atom stereocenters. The number of rotatable bonds is 4. The van der Waals surface area contributed by atoms with Crippen LogP contribution in [0.3, 0.4) is 0 Å². The van der Waals surface area contributed by atoms with E-state index in [4.69, 9.17) is 9.15 Å². The normalized spacial score (nSPS) is 14.6. The minimum atomic E-state index is -0.435. The van der Waals surface area contributed by atoms with Gasteiger partial charge in [-0.05, 0) is 26.7 Å². The standard InChI is InChI=1S/C14H17N3O3/c1-4-19-14(18)12-11(9-5-6-9)15-13(20-12)10-7-17(3)16-8(10)2/h7,9H,4-6H2,1-3H3. The van der Waals surface area contributed by atoms with E-state index in [2.05, 4.69) is 10.1 Å². The van der Waals surface area contributed by atoms with Crippen molar-refractivity contribution in [3.63, 3.8) is 0 Å². The van der Waals surface area contributed by atoms with Gasteiger partial charge < -0.3 is 9.15 Å². The zero-order valence-electron chi connectivity index (χ0n) is 11.8. The molecule has 2 aromatic heterocycles. The van der Waals surface area contributed by atoms with E-state index >= 15 is 0 Å². The molecule has 0 amide bonds. The van der Waals surface area contributed by atoms with E-state index in [1.807, 2.05) is 20.2 Å². The molecule has 2 heterocycles. The summed E-state index contributed by atoms with van der Waals surface area (Å²) in [7, 11) is 1.84. The predicted octanol–water partition coefficient (Wildman–Crippen LogP) is 2.44. The Labute approximate surface area is 116 Å². The lowest BCUT2D eigenvalue weighted by molar-refractivity contribution is 0.0489. The number of nitrogens with zero attached hydrogens (tertiary/aromatic N) is 3. The van der Waals surface area contributed by atoms with Crippen molar-refractivity contribution in [2.45, 2.75) is 32.6 Å². The number of hydrogen-bond donors (Lipinski definition) is 0. The summed E-state index contributed by atoms with van der Waals surface area (Å²) in [5.74, 6) is 0.576. The maximum Gasteiger partial charge on any atom is 0.376 e. The van der Waals surface area contributed by atoms with E-state index in [0.29, 0.717) is 18.4 Å². The monoisotopic (exact) mass is 275 g/mol. The van der Waals surface area contributed by atoms with Gasteiger partial charge in [-0.1, -0.05) is 0 Å². The average Bonchev–Trinajstić information content (AvgIpc) is 3.06. The van der Waals surface area contributed by atoms with Gasteiger partial charge in [0.2, 0.25) is 11.7 Å². The molecular formula is C14H17N3O3. The van der Waals surface area contributed by atoms with Crippen LogP contribution in [0.15, 0.2) is 10.6 Å². The third-order valence-corrected chi connectivity index (χ3v) is 3.32. The van der Waals surface area contributed by atoms with Gasteiger partial charge in [-0.2, -0.15) is 5.10 Å². The van der Waals surface area contributed by atoms with Crippen molar-refractivity contribution in [2.24, 2.45) is 7.05 Å². The van der Waals surface area contributed by atoms with Crippen LogP contribution in [0.2, 0.25) is 0 Å². The molecule has 2 aromatic rings. The van der Waals surface area contributed by atoms with Crippen LogP contribution in [-0.4, -0.2) is 27.3 Å². The van der Waals surface area contributed by atoms with Crippen LogP contribution < -0.4 is 0 Å². The van der Waals surface area contributed by atoms with E-state index in [-0.39, 0.29) is 5.76 Å². The number of ether oxygens (including phenoxy) is 1. The van der Waals surface area contributed by atoms with Crippen LogP contribution in [0.25, 0.3) is 11.5 Å². The summed E-state index contributed by atoms with van der Waals surface area (Å²) in [6.07, 6.45) is 3.93. The van der Waals surface area contributed by atoms with Crippen LogP contribution in [0.4, 0.5) is 0 Å². The highest BCUT2D eigenvalue weighted by atomic mass is 16.5. The Morgan fingerprint density at radius 2 is 2.30 bits per heavy atom. The third-order valence-electron chi connectivity index (χ3n) is 3.32. The number of aryl methyl sites for hydroxylation is 2. The van der Waals surface area contributed by atoms with Gasteiger partial charge in [0.15, 0.2) is 0 Å². The predicted molar refractivity (Wildman–Crippen MR) is 71.4 cm³/mol. The second-order valence-electron chi connectivity index (χ2n) is 5.03. The van der Waals surface area contributed by atoms with Crippen molar-refractivity contribution in [1.29, 1.82) is 0 Å². The summed E-state index contributed by atoms with van der Waals surface area (Å²) in [5, 5.41) is 4.27. The number of oxazole rings is 1. The Morgan fingerprint density at radius 3 is 2.85 bits per heavy atom. The van der Waals surface area contributed by atoms with Crippen LogP contribution in [-0.2, 0) is 11.8 Å². The first-order valence-corrected chi connectivity index (χ1v) is 6.78. The summed E-state index contributed by atoms with van der Waals surface area (Å²) >= 11 is 0. The molecule has 1 saturated carbocycles. The Balaban J connectivity index is 2.03. The second-order valence-corrected chi connectivity index (χ2v) is 5.03. The van der Waals surface area contributed by atoms with Crippen LogP contribution >= 0.6 is 0 Å². The molecule has 3 rings (SSSR count). The molecule has 20 heavy (non-hydrogen) atoms. The zero-order valence-corrected chi connectivity index (χ0v) is 11.8. The van der Waals surface area contributed by atoms with Crippen LogP contribution in [0.5, 0.6) is 0 Å². The highest BCUT2D eigenvalue weighted by molar-refractivity contribution is 5.88. The quantitative estimate of drug-likeness (QED) is 0.801. The number of carbonyl (C=O) groups excluding carboxylic acids is 1. The fourth-order valence-corrected chi connectivity index (χ4v) is 2.23. The molecule has 0 aliphatic heterocycles. The van der Waals surface area contributed by atoms with Gasteiger partial charge in [0, 0.05) is 19.2 Å². The highest BCUT2D eigenvalue weighted by Gasteiger charge is 2.34. The molecule has 0 aromatic carbocycles. The SMILES string of the molecule is CCOC(=O)c1oc(-c2cn(C)nc2C)nc1C1CC1. The molecular weight excluding hydrogens is 258 g/mol. The van der Waals surface area contributed by atoms with Crippen molar-refractivity contribution in [3.8, 4) is 11.5 Å². The van der Waals surface area contributed by atoms with Crippen molar-refractivity contribution in [1.82, 2.24) is 14.8 Å². The van der Waals surface area contributed by atoms with Crippen LogP contribution in [0.1, 0.15) is 47.6 Å². The molecule has 1 aliphatic carbocycles. The fourth-order valence-electron chi connectivity index (χ4n) is 2.23. The summed E-state index contributed by atoms with van der Waals surface area (Å²) in [5.41, 5.74) is 2.36. The second kappa shape index (κ2) is 4.77. The topological polar surface area (TPSA) is 70.2 Å². The fraction of sp³-hybridized carbons (Fsp3) is 0.500. The molecule has 1 aliphatic rings. The smallest absolute Gasteiger partial charge is 0.376 e. The lowest BCUT2D eigenvalue weighted by atomic mass is 10.2. The maximum absolute atomic E-state index is 12.0. The molecule has 0 bridgehead atoms. The number of aromatic nitrogens is 3. The van der Waals surface area contributed by atoms with E-state index < -0.39 is 5.97 Å². The largest absolute Gasteiger partial charge is 0.460 e. The first-order chi connectivity index (χ1) is 9.60. The van der Waals surface area contributed by atoms with Crippen molar-refractivity contribution in [3.05, 3.63) is 23.3 Å². The number of esters is 1. The van der Waals surface area contributed by atoms with Crippen LogP contribution in [0, 0.1) is 6.92 Å². The van der Waals surface area contributed by atoms with Gasteiger partial charge in [-0.15, -0.1) is 0 Å². The molecule has 0 spiro atoms. The van der Waals surface area contributed by atoms with Gasteiger partial charge >= 0.3 is 5.97 Å². The molecule has 6 nitrogen and oxygen atoms in total. The van der Waals surface area contributed by atoms with E-state index in [0.717, 1.165) is 29.8 Å². The molecule has 1 fully saturated rings. The minimum Gasteiger partial charge on any atom is -0.460 e. The number of hydrogen-bond acceptors (Lipinski definition) is 5. The Morgan fingerprint density at radius 1 is 1.55 bits per heavy atom. The van der Waals surface area contributed by atoms with E-state index in [9.17, 15) is 4.79 Å². The minimum absolute atomic E-state index is 0.243. The summed E-state index contributed by atoms with van der Waals surface area (Å²) in [4.78, 5) is 16.5. The molecule has 0 radical (unpaired) electrons. The Kier molecular flexibility index (Phi) is 3.08. The molecule has 106 valence electrons. The Bertz CT molecular complexity index is 653. The first-order valence-electron chi connectivity index (χ1n) is 6.78. The van der Waals surface area contributed by atoms with E-state index in [1.54, 1.807) is 11.6 Å². The molecule has 0 unspecified atom stereocenters. The Hall–Kier alpha value is -2.11. The lowest BCUT2D eigenvalue weighted by Crippen LogP contribution is -2.05. The number of carbonyl (C=O) groups is 1. The van der Waals surface area contributed by atoms with Gasteiger partial charge in [0.05, 0.1) is 23.6 Å². The van der Waals surface area contributed by atoms with Gasteiger partial charge in [0.1, 0.15) is 0 Å². The maximum atomic E-state index is 12.0. The molecule has 0 N–H and O–H groups in total. The van der Waals surface area contributed by atoms with Crippen molar-refractivity contribution in [2.75, 3.05) is 6.61 Å². The lowest BCUT2D eigenvalue weighted by Gasteiger charge is -1.98. The van der Waals surface area contributed by atoms with E-state index in [1.165, 1.54) is 0 Å². The third kappa shape index (κ3) is 2.21. The zero-order chi connectivity index (χ0) is 14.3. The molecule has 6 heteroatoms. The van der Waals surface area contributed by atoms with Gasteiger partial charge in [-0.25, -0.2) is 9.78 Å². The van der Waals surface area contributed by atoms with Crippen molar-refractivity contribution < 1.29 is 13.9 Å². The first kappa shape index (κ1) is 12.9. The summed E-state index contributed by atoms with van der Waals surface area (Å²) < 4.78 is 12.4. The average molecular weight is 275 g/mol. The van der Waals surface area contributed by atoms with Crippen molar-refractivity contribution >= 4 is 5.97 Å². The van der Waals surface area contributed by atoms with Gasteiger partial charge in [0.25, 0.3) is 0 Å². The molecule has 0 saturated heterocycles. The highest BCUT2D eigenvalue weighted by Crippen LogP contribution is 2.42. The summed E-state index contributed by atoms with van der Waals surface area (Å²) in [6.45, 7) is 3.99.